The molecule has 0 aliphatic heterocycles. The molecule has 1 aromatic rings. The van der Waals surface area contributed by atoms with E-state index in [0.717, 1.165) is 11.5 Å². The summed E-state index contributed by atoms with van der Waals surface area (Å²) in [5.41, 5.74) is 0.866. The van der Waals surface area contributed by atoms with Gasteiger partial charge in [-0.25, -0.2) is 4.39 Å². The fourth-order valence-corrected chi connectivity index (χ4v) is 3.19. The second-order valence-corrected chi connectivity index (χ2v) is 6.41. The predicted molar refractivity (Wildman–Crippen MR) is 92.0 cm³/mol. The molecular formula is C21H27F. The Labute approximate surface area is 134 Å². The highest BCUT2D eigenvalue weighted by molar-refractivity contribution is 5.36. The largest absolute Gasteiger partial charge is 0.207 e. The molecule has 0 atom stereocenters. The van der Waals surface area contributed by atoms with Gasteiger partial charge >= 0.3 is 0 Å². The molecule has 0 aromatic heterocycles. The zero-order valence-corrected chi connectivity index (χ0v) is 13.7. The fourth-order valence-electron chi connectivity index (χ4n) is 3.19. The minimum atomic E-state index is -0.211. The minimum absolute atomic E-state index is 0.211. The number of unbranched alkanes of at least 4 members (excludes halogenated alkanes) is 2. The lowest BCUT2D eigenvalue weighted by molar-refractivity contribution is 0.289. The van der Waals surface area contributed by atoms with Crippen LogP contribution < -0.4 is 0 Å². The molecule has 0 N–H and O–H groups in total. The number of hydrogen-bond donors (Lipinski definition) is 0. The van der Waals surface area contributed by atoms with Gasteiger partial charge in [-0.15, -0.1) is 0 Å². The van der Waals surface area contributed by atoms with Gasteiger partial charge in [0.15, 0.2) is 0 Å². The van der Waals surface area contributed by atoms with Gasteiger partial charge in [-0.05, 0) is 67.9 Å². The van der Waals surface area contributed by atoms with Gasteiger partial charge in [-0.3, -0.25) is 0 Å². The Kier molecular flexibility index (Phi) is 7.23. The Morgan fingerprint density at radius 3 is 2.50 bits per heavy atom. The van der Waals surface area contributed by atoms with Crippen molar-refractivity contribution in [2.24, 2.45) is 11.8 Å². The van der Waals surface area contributed by atoms with Crippen LogP contribution in [0.15, 0.2) is 36.4 Å². The van der Waals surface area contributed by atoms with Gasteiger partial charge in [-0.2, -0.15) is 0 Å². The molecule has 1 aliphatic carbocycles. The maximum absolute atomic E-state index is 12.8. The Morgan fingerprint density at radius 2 is 1.82 bits per heavy atom. The maximum atomic E-state index is 12.8. The van der Waals surface area contributed by atoms with Crippen LogP contribution in [0, 0.1) is 29.5 Å². The highest BCUT2D eigenvalue weighted by Crippen LogP contribution is 2.32. The van der Waals surface area contributed by atoms with E-state index < -0.39 is 0 Å². The van der Waals surface area contributed by atoms with Gasteiger partial charge in [-0.1, -0.05) is 50.5 Å². The molecule has 0 nitrogen and oxygen atoms in total. The van der Waals surface area contributed by atoms with Crippen molar-refractivity contribution in [1.29, 1.82) is 0 Å². The quantitative estimate of drug-likeness (QED) is 0.454. The van der Waals surface area contributed by atoms with E-state index in [-0.39, 0.29) is 5.82 Å². The van der Waals surface area contributed by atoms with Crippen molar-refractivity contribution in [2.75, 3.05) is 0 Å². The van der Waals surface area contributed by atoms with Crippen molar-refractivity contribution in [1.82, 2.24) is 0 Å². The van der Waals surface area contributed by atoms with Crippen molar-refractivity contribution in [3.05, 3.63) is 47.8 Å². The summed E-state index contributed by atoms with van der Waals surface area (Å²) in [5.74, 6) is 7.57. The first-order valence-corrected chi connectivity index (χ1v) is 8.71. The lowest BCUT2D eigenvalue weighted by Gasteiger charge is -2.26. The van der Waals surface area contributed by atoms with Crippen LogP contribution in [0.1, 0.15) is 63.9 Å². The lowest BCUT2D eigenvalue weighted by atomic mass is 9.79. The topological polar surface area (TPSA) is 0 Å². The normalized spacial score (nSPS) is 21.5. The Morgan fingerprint density at radius 1 is 1.09 bits per heavy atom. The maximum Gasteiger partial charge on any atom is 0.123 e. The summed E-state index contributed by atoms with van der Waals surface area (Å²) < 4.78 is 12.8. The molecular weight excluding hydrogens is 271 g/mol. The number of rotatable bonds is 5. The second-order valence-electron chi connectivity index (χ2n) is 6.41. The summed E-state index contributed by atoms with van der Waals surface area (Å²) >= 11 is 0. The van der Waals surface area contributed by atoms with Gasteiger partial charge in [0.05, 0.1) is 0 Å². The SMILES string of the molecule is CCCCC[C@H]1CC[C@H](C=CC#Cc2ccc(F)cc2)CC1. The van der Waals surface area contributed by atoms with Crippen molar-refractivity contribution in [3.63, 3.8) is 0 Å². The van der Waals surface area contributed by atoms with Crippen LogP contribution in [0.5, 0.6) is 0 Å². The van der Waals surface area contributed by atoms with E-state index in [9.17, 15) is 4.39 Å². The highest BCUT2D eigenvalue weighted by Gasteiger charge is 2.18. The van der Waals surface area contributed by atoms with Gasteiger partial charge < -0.3 is 0 Å². The summed E-state index contributed by atoms with van der Waals surface area (Å²) in [6, 6.07) is 6.34. The highest BCUT2D eigenvalue weighted by atomic mass is 19.1. The third-order valence-corrected chi connectivity index (χ3v) is 4.62. The number of allylic oxidation sites excluding steroid dienone is 2. The molecule has 22 heavy (non-hydrogen) atoms. The Hall–Kier alpha value is -1.55. The molecule has 0 radical (unpaired) electrons. The molecule has 1 heteroatoms. The van der Waals surface area contributed by atoms with Crippen molar-refractivity contribution >= 4 is 0 Å². The Bertz CT molecular complexity index is 507. The number of halogens is 1. The zero-order valence-electron chi connectivity index (χ0n) is 13.7. The van der Waals surface area contributed by atoms with Crippen LogP contribution in [-0.4, -0.2) is 0 Å². The van der Waals surface area contributed by atoms with Crippen LogP contribution in [0.25, 0.3) is 0 Å². The third kappa shape index (κ3) is 6.06. The monoisotopic (exact) mass is 298 g/mol. The van der Waals surface area contributed by atoms with Gasteiger partial charge in [0.25, 0.3) is 0 Å². The molecule has 0 bridgehead atoms. The summed E-state index contributed by atoms with van der Waals surface area (Å²) in [6.45, 7) is 2.27. The van der Waals surface area contributed by atoms with Crippen molar-refractivity contribution in [2.45, 2.75) is 58.3 Å². The molecule has 2 rings (SSSR count). The Balaban J connectivity index is 1.71. The molecule has 0 amide bonds. The fraction of sp³-hybridized carbons (Fsp3) is 0.524. The van der Waals surface area contributed by atoms with E-state index in [2.05, 4.69) is 24.8 Å². The van der Waals surface area contributed by atoms with E-state index in [0.29, 0.717) is 5.92 Å². The predicted octanol–water partition coefficient (Wildman–Crippen LogP) is 6.12. The van der Waals surface area contributed by atoms with E-state index in [1.54, 1.807) is 12.1 Å². The van der Waals surface area contributed by atoms with Gasteiger partial charge in [0.2, 0.25) is 0 Å². The van der Waals surface area contributed by atoms with Crippen LogP contribution in [0.4, 0.5) is 4.39 Å². The third-order valence-electron chi connectivity index (χ3n) is 4.62. The molecule has 1 aliphatic rings. The molecule has 0 spiro atoms. The molecule has 1 saturated carbocycles. The van der Waals surface area contributed by atoms with E-state index in [4.69, 9.17) is 0 Å². The van der Waals surface area contributed by atoms with Crippen LogP contribution in [-0.2, 0) is 0 Å². The minimum Gasteiger partial charge on any atom is -0.207 e. The van der Waals surface area contributed by atoms with Crippen molar-refractivity contribution in [3.8, 4) is 11.8 Å². The van der Waals surface area contributed by atoms with E-state index in [1.165, 1.54) is 63.5 Å². The van der Waals surface area contributed by atoms with Crippen LogP contribution >= 0.6 is 0 Å². The van der Waals surface area contributed by atoms with Crippen LogP contribution in [0.3, 0.4) is 0 Å². The first-order chi connectivity index (χ1) is 10.8. The molecule has 0 saturated heterocycles. The first-order valence-electron chi connectivity index (χ1n) is 8.71. The van der Waals surface area contributed by atoms with E-state index in [1.807, 2.05) is 6.08 Å². The standard InChI is InChI=1S/C21H27F/c1-2-3-4-7-18-10-12-19(13-11-18)8-5-6-9-20-14-16-21(22)17-15-20/h5,8,14-19H,2-4,7,10-13H2,1H3/t18-,19-. The summed E-state index contributed by atoms with van der Waals surface area (Å²) in [6.07, 6.45) is 15.2. The zero-order chi connectivity index (χ0) is 15.6. The first kappa shape index (κ1) is 16.8. The molecule has 0 heterocycles. The summed E-state index contributed by atoms with van der Waals surface area (Å²) in [7, 11) is 0. The summed E-state index contributed by atoms with van der Waals surface area (Å²) in [4.78, 5) is 0. The number of benzene rings is 1. The second kappa shape index (κ2) is 9.46. The van der Waals surface area contributed by atoms with Crippen molar-refractivity contribution < 1.29 is 4.39 Å². The van der Waals surface area contributed by atoms with Gasteiger partial charge in [0.1, 0.15) is 5.82 Å². The van der Waals surface area contributed by atoms with E-state index >= 15 is 0 Å². The smallest absolute Gasteiger partial charge is 0.123 e. The number of hydrogen-bond acceptors (Lipinski definition) is 0. The molecule has 1 fully saturated rings. The van der Waals surface area contributed by atoms with Crippen LogP contribution in [0.2, 0.25) is 0 Å². The molecule has 0 unspecified atom stereocenters. The average Bonchev–Trinajstić information content (AvgIpc) is 2.55. The molecule has 1 aromatic carbocycles. The average molecular weight is 298 g/mol. The molecule has 118 valence electrons. The van der Waals surface area contributed by atoms with Gasteiger partial charge in [0, 0.05) is 5.56 Å². The lowest BCUT2D eigenvalue weighted by Crippen LogP contribution is -2.12. The summed E-state index contributed by atoms with van der Waals surface area (Å²) in [5, 5.41) is 0.